The van der Waals surface area contributed by atoms with Gasteiger partial charge in [0.25, 0.3) is 0 Å². The van der Waals surface area contributed by atoms with Crippen molar-refractivity contribution in [3.63, 3.8) is 0 Å². The predicted molar refractivity (Wildman–Crippen MR) is 67.9 cm³/mol. The van der Waals surface area contributed by atoms with E-state index in [9.17, 15) is 10.2 Å². The van der Waals surface area contributed by atoms with E-state index in [1.165, 1.54) is 0 Å². The monoisotopic (exact) mass is 301 g/mol. The van der Waals surface area contributed by atoms with Crippen LogP contribution in [0.5, 0.6) is 0 Å². The molecule has 94 valence electrons. The Labute approximate surface area is 108 Å². The first kappa shape index (κ1) is 12.7. The molecular formula is C11H16BrN3O2. The summed E-state index contributed by atoms with van der Waals surface area (Å²) in [7, 11) is 0. The average Bonchev–Trinajstić information content (AvgIpc) is 3.12. The SMILES string of the molecule is CC(CO)(CO)Nc1cc(Br)nc(C2CC2)n1. The van der Waals surface area contributed by atoms with Crippen LogP contribution in [0.3, 0.4) is 0 Å². The molecule has 0 saturated heterocycles. The summed E-state index contributed by atoms with van der Waals surface area (Å²) in [6, 6.07) is 1.75. The van der Waals surface area contributed by atoms with Crippen LogP contribution in [0, 0.1) is 0 Å². The Kier molecular flexibility index (Phi) is 3.65. The number of anilines is 1. The summed E-state index contributed by atoms with van der Waals surface area (Å²) in [5, 5.41) is 21.5. The zero-order valence-corrected chi connectivity index (χ0v) is 11.2. The first-order valence-electron chi connectivity index (χ1n) is 5.61. The lowest BCUT2D eigenvalue weighted by atomic mass is 10.1. The molecule has 0 bridgehead atoms. The van der Waals surface area contributed by atoms with Crippen LogP contribution in [-0.2, 0) is 0 Å². The molecule has 0 unspecified atom stereocenters. The highest BCUT2D eigenvalue weighted by molar-refractivity contribution is 9.10. The van der Waals surface area contributed by atoms with Crippen molar-refractivity contribution in [1.29, 1.82) is 0 Å². The number of aromatic nitrogens is 2. The maximum atomic E-state index is 9.23. The minimum Gasteiger partial charge on any atom is -0.394 e. The Morgan fingerprint density at radius 3 is 2.59 bits per heavy atom. The van der Waals surface area contributed by atoms with E-state index in [2.05, 4.69) is 31.2 Å². The average molecular weight is 302 g/mol. The number of aliphatic hydroxyl groups excluding tert-OH is 2. The van der Waals surface area contributed by atoms with Gasteiger partial charge in [-0.05, 0) is 35.7 Å². The number of halogens is 1. The normalized spacial score (nSPS) is 16.0. The Hall–Kier alpha value is -0.720. The van der Waals surface area contributed by atoms with E-state index < -0.39 is 5.54 Å². The van der Waals surface area contributed by atoms with Gasteiger partial charge in [0.05, 0.1) is 18.8 Å². The fourth-order valence-corrected chi connectivity index (χ4v) is 1.86. The third kappa shape index (κ3) is 3.14. The highest BCUT2D eigenvalue weighted by Crippen LogP contribution is 2.38. The van der Waals surface area contributed by atoms with E-state index in [0.29, 0.717) is 11.7 Å². The molecule has 1 aliphatic rings. The van der Waals surface area contributed by atoms with E-state index in [1.807, 2.05) is 0 Å². The van der Waals surface area contributed by atoms with Crippen molar-refractivity contribution in [2.24, 2.45) is 0 Å². The molecular weight excluding hydrogens is 286 g/mol. The smallest absolute Gasteiger partial charge is 0.135 e. The van der Waals surface area contributed by atoms with Crippen LogP contribution < -0.4 is 5.32 Å². The van der Waals surface area contributed by atoms with Gasteiger partial charge < -0.3 is 15.5 Å². The second kappa shape index (κ2) is 4.88. The molecule has 1 fully saturated rings. The van der Waals surface area contributed by atoms with Crippen molar-refractivity contribution < 1.29 is 10.2 Å². The molecule has 3 N–H and O–H groups in total. The van der Waals surface area contributed by atoms with Gasteiger partial charge in [-0.3, -0.25) is 0 Å². The van der Waals surface area contributed by atoms with Gasteiger partial charge in [-0.2, -0.15) is 0 Å². The van der Waals surface area contributed by atoms with E-state index in [4.69, 9.17) is 0 Å². The molecule has 5 nitrogen and oxygen atoms in total. The van der Waals surface area contributed by atoms with Crippen molar-refractivity contribution in [2.75, 3.05) is 18.5 Å². The van der Waals surface area contributed by atoms with E-state index >= 15 is 0 Å². The van der Waals surface area contributed by atoms with Crippen LogP contribution in [0.2, 0.25) is 0 Å². The molecule has 0 aliphatic heterocycles. The molecule has 0 atom stereocenters. The lowest BCUT2D eigenvalue weighted by Gasteiger charge is -2.26. The molecule has 1 heterocycles. The molecule has 0 spiro atoms. The van der Waals surface area contributed by atoms with E-state index in [1.54, 1.807) is 13.0 Å². The number of hydrogen-bond acceptors (Lipinski definition) is 5. The molecule has 1 aromatic rings. The van der Waals surface area contributed by atoms with Gasteiger partial charge in [0.2, 0.25) is 0 Å². The van der Waals surface area contributed by atoms with E-state index in [-0.39, 0.29) is 13.2 Å². The fourth-order valence-electron chi connectivity index (χ4n) is 1.46. The lowest BCUT2D eigenvalue weighted by Crippen LogP contribution is -2.42. The topological polar surface area (TPSA) is 78.3 Å². The Morgan fingerprint density at radius 1 is 1.41 bits per heavy atom. The third-order valence-corrected chi connectivity index (χ3v) is 3.19. The lowest BCUT2D eigenvalue weighted by molar-refractivity contribution is 0.147. The van der Waals surface area contributed by atoms with Gasteiger partial charge in [-0.15, -0.1) is 0 Å². The zero-order chi connectivity index (χ0) is 12.5. The van der Waals surface area contributed by atoms with Crippen molar-refractivity contribution in [3.8, 4) is 0 Å². The van der Waals surface area contributed by atoms with Crippen molar-refractivity contribution in [1.82, 2.24) is 9.97 Å². The van der Waals surface area contributed by atoms with Gasteiger partial charge in [-0.25, -0.2) is 9.97 Å². The molecule has 0 amide bonds. The van der Waals surface area contributed by atoms with Crippen LogP contribution in [0.25, 0.3) is 0 Å². The van der Waals surface area contributed by atoms with Gasteiger partial charge >= 0.3 is 0 Å². The number of nitrogens with one attached hydrogen (secondary N) is 1. The highest BCUT2D eigenvalue weighted by atomic mass is 79.9. The molecule has 6 heteroatoms. The second-order valence-electron chi connectivity index (χ2n) is 4.71. The first-order chi connectivity index (χ1) is 8.06. The van der Waals surface area contributed by atoms with Gasteiger partial charge in [0, 0.05) is 12.0 Å². The zero-order valence-electron chi connectivity index (χ0n) is 9.65. The number of hydrogen-bond donors (Lipinski definition) is 3. The van der Waals surface area contributed by atoms with E-state index in [0.717, 1.165) is 23.3 Å². The highest BCUT2D eigenvalue weighted by Gasteiger charge is 2.28. The fraction of sp³-hybridized carbons (Fsp3) is 0.636. The molecule has 1 saturated carbocycles. The third-order valence-electron chi connectivity index (χ3n) is 2.78. The minimum absolute atomic E-state index is 0.163. The number of aliphatic hydroxyl groups is 2. The standard InChI is InChI=1S/C11H16BrN3O2/c1-11(5-16,6-17)15-9-4-8(12)13-10(14-9)7-2-3-7/h4,7,16-17H,2-3,5-6H2,1H3,(H,13,14,15). The molecule has 17 heavy (non-hydrogen) atoms. The van der Waals surface area contributed by atoms with Crippen molar-refractivity contribution in [2.45, 2.75) is 31.2 Å². The summed E-state index contributed by atoms with van der Waals surface area (Å²) in [5.74, 6) is 1.90. The van der Waals surface area contributed by atoms with Crippen molar-refractivity contribution >= 4 is 21.7 Å². The van der Waals surface area contributed by atoms with Crippen LogP contribution in [0.1, 0.15) is 31.5 Å². The predicted octanol–water partition coefficient (Wildman–Crippen LogP) is 1.27. The summed E-state index contributed by atoms with van der Waals surface area (Å²) >= 11 is 3.34. The maximum Gasteiger partial charge on any atom is 0.135 e. The Balaban J connectivity index is 2.20. The van der Waals surface area contributed by atoms with Gasteiger partial charge in [-0.1, -0.05) is 0 Å². The minimum atomic E-state index is -0.769. The quantitative estimate of drug-likeness (QED) is 0.714. The summed E-state index contributed by atoms with van der Waals surface area (Å²) in [5.41, 5.74) is -0.769. The van der Waals surface area contributed by atoms with Gasteiger partial charge in [0.15, 0.2) is 0 Å². The van der Waals surface area contributed by atoms with Crippen molar-refractivity contribution in [3.05, 3.63) is 16.5 Å². The molecule has 1 aliphatic carbocycles. The summed E-state index contributed by atoms with van der Waals surface area (Å²) < 4.78 is 0.718. The Morgan fingerprint density at radius 2 is 2.06 bits per heavy atom. The molecule has 0 aromatic carbocycles. The summed E-state index contributed by atoms with van der Waals surface area (Å²) in [6.07, 6.45) is 2.26. The van der Waals surface area contributed by atoms with Crippen LogP contribution in [-0.4, -0.2) is 38.9 Å². The second-order valence-corrected chi connectivity index (χ2v) is 5.52. The molecule has 2 rings (SSSR count). The van der Waals surface area contributed by atoms with Gasteiger partial charge in [0.1, 0.15) is 16.2 Å². The summed E-state index contributed by atoms with van der Waals surface area (Å²) in [4.78, 5) is 8.72. The van der Waals surface area contributed by atoms with Crippen LogP contribution in [0.15, 0.2) is 10.7 Å². The largest absolute Gasteiger partial charge is 0.394 e. The summed E-state index contributed by atoms with van der Waals surface area (Å²) in [6.45, 7) is 1.41. The molecule has 0 radical (unpaired) electrons. The molecule has 1 aromatic heterocycles. The maximum absolute atomic E-state index is 9.23. The van der Waals surface area contributed by atoms with Crippen LogP contribution in [0.4, 0.5) is 5.82 Å². The first-order valence-corrected chi connectivity index (χ1v) is 6.40. The number of rotatable bonds is 5. The number of nitrogens with zero attached hydrogens (tertiary/aromatic N) is 2. The van der Waals surface area contributed by atoms with Crippen LogP contribution >= 0.6 is 15.9 Å². The Bertz CT molecular complexity index is 406.